The maximum Gasteiger partial charge on any atom is 0.410 e. The molecule has 3 aliphatic carbocycles. The Kier molecular flexibility index (Phi) is 5.79. The smallest absolute Gasteiger partial charge is 0.410 e. The number of aromatic nitrogens is 3. The Bertz CT molecular complexity index is 1500. The molecule has 3 aromatic rings. The van der Waals surface area contributed by atoms with Gasteiger partial charge < -0.3 is 24.6 Å². The lowest BCUT2D eigenvalue weighted by molar-refractivity contribution is -0.131. The topological polar surface area (TPSA) is 92.7 Å². The zero-order valence-electron chi connectivity index (χ0n) is 22.8. The summed E-state index contributed by atoms with van der Waals surface area (Å²) in [6.07, 6.45) is 5.59. The maximum atomic E-state index is 15.3. The van der Waals surface area contributed by atoms with Crippen LogP contribution in [-0.4, -0.2) is 63.3 Å². The van der Waals surface area contributed by atoms with Crippen LogP contribution in [0.5, 0.6) is 5.75 Å². The molecule has 9 nitrogen and oxygen atoms in total. The average molecular weight is 567 g/mol. The number of fused-ring (bicyclic) bond motifs is 3. The Labute approximate surface area is 237 Å². The van der Waals surface area contributed by atoms with E-state index in [-0.39, 0.29) is 34.3 Å². The maximum absolute atomic E-state index is 15.3. The van der Waals surface area contributed by atoms with E-state index in [2.05, 4.69) is 20.2 Å². The third-order valence-corrected chi connectivity index (χ3v) is 8.98. The first-order chi connectivity index (χ1) is 19.1. The highest BCUT2D eigenvalue weighted by Crippen LogP contribution is 2.64. The van der Waals surface area contributed by atoms with Crippen LogP contribution in [0.15, 0.2) is 30.6 Å². The molecule has 0 radical (unpaired) electrons. The van der Waals surface area contributed by atoms with Crippen LogP contribution >= 0.6 is 11.6 Å². The number of anilines is 3. The van der Waals surface area contributed by atoms with Crippen molar-refractivity contribution in [3.8, 4) is 5.75 Å². The molecule has 11 heteroatoms. The zero-order chi connectivity index (χ0) is 27.8. The number of amides is 1. The summed E-state index contributed by atoms with van der Waals surface area (Å²) in [5, 5.41) is 3.01. The minimum absolute atomic E-state index is 0.0498. The van der Waals surface area contributed by atoms with Crippen molar-refractivity contribution in [1.82, 2.24) is 19.9 Å². The van der Waals surface area contributed by atoms with Crippen LogP contribution < -0.4 is 15.0 Å². The first kappa shape index (κ1) is 25.6. The summed E-state index contributed by atoms with van der Waals surface area (Å²) in [5.74, 6) is 1.75. The van der Waals surface area contributed by atoms with Gasteiger partial charge in [0.25, 0.3) is 0 Å². The molecule has 8 rings (SSSR count). The Morgan fingerprint density at radius 2 is 1.95 bits per heavy atom. The number of halogens is 2. The summed E-state index contributed by atoms with van der Waals surface area (Å²) >= 11 is 6.37. The van der Waals surface area contributed by atoms with Gasteiger partial charge in [0.2, 0.25) is 0 Å². The van der Waals surface area contributed by atoms with Crippen LogP contribution in [0.3, 0.4) is 0 Å². The molecular formula is C29H32ClFN6O3. The van der Waals surface area contributed by atoms with Gasteiger partial charge in [-0.05, 0) is 76.6 Å². The highest BCUT2D eigenvalue weighted by molar-refractivity contribution is 6.32. The second kappa shape index (κ2) is 9.06. The van der Waals surface area contributed by atoms with Crippen molar-refractivity contribution in [2.24, 2.45) is 11.3 Å². The molecule has 2 aliphatic heterocycles. The van der Waals surface area contributed by atoms with Gasteiger partial charge >= 0.3 is 6.09 Å². The first-order valence-electron chi connectivity index (χ1n) is 13.8. The number of benzene rings is 1. The van der Waals surface area contributed by atoms with Crippen LogP contribution in [0, 0.1) is 17.2 Å². The number of likely N-dealkylation sites (tertiary alicyclic amines) is 1. The van der Waals surface area contributed by atoms with Crippen molar-refractivity contribution in [3.05, 3.63) is 41.4 Å². The molecule has 3 saturated carbocycles. The Morgan fingerprint density at radius 3 is 2.62 bits per heavy atom. The van der Waals surface area contributed by atoms with Crippen molar-refractivity contribution in [1.29, 1.82) is 0 Å². The SMILES string of the molecule is CC(C)(C)OC(=O)N1C[C@@H]2C[C@H]1CN2c1ccc2ncnc(Nc3ccc(OCC45CC(C4)C5)c(Cl)c3F)c2n1. The highest BCUT2D eigenvalue weighted by atomic mass is 35.5. The second-order valence-electron chi connectivity index (χ2n) is 12.7. The number of nitrogens with zero attached hydrogens (tertiary/aromatic N) is 5. The van der Waals surface area contributed by atoms with E-state index in [4.69, 9.17) is 26.1 Å². The number of hydrogen-bond donors (Lipinski definition) is 1. The average Bonchev–Trinajstić information content (AvgIpc) is 3.47. The predicted octanol–water partition coefficient (Wildman–Crippen LogP) is 5.94. The molecule has 2 saturated heterocycles. The molecule has 1 N–H and O–H groups in total. The lowest BCUT2D eigenvalue weighted by Crippen LogP contribution is -2.55. The molecule has 2 atom stereocenters. The van der Waals surface area contributed by atoms with E-state index in [1.165, 1.54) is 25.6 Å². The largest absolute Gasteiger partial charge is 0.491 e. The standard InChI is InChI=1S/C29H32ClFN6O3/c1-28(2,3)40-27(38)37-13-17-8-18(37)12-36(17)22-7-5-20-25(35-22)26(33-15-32-20)34-19-4-6-21(23(30)24(19)31)39-14-29-9-16(10-29)11-29/h4-7,15-18H,8-14H2,1-3H3,(H,32,33,34)/t16?,17-,18-,29?/m0/s1. The number of piperazine rings is 1. The van der Waals surface area contributed by atoms with Gasteiger partial charge in [-0.1, -0.05) is 11.6 Å². The van der Waals surface area contributed by atoms with Crippen molar-refractivity contribution in [2.45, 2.75) is 64.1 Å². The normalized spacial score (nSPS) is 26.5. The Morgan fingerprint density at radius 1 is 1.15 bits per heavy atom. The third-order valence-electron chi connectivity index (χ3n) is 8.63. The molecule has 2 aromatic heterocycles. The van der Waals surface area contributed by atoms with Crippen molar-refractivity contribution in [3.63, 3.8) is 0 Å². The van der Waals surface area contributed by atoms with Crippen LogP contribution in [0.4, 0.5) is 26.5 Å². The van der Waals surface area contributed by atoms with Crippen LogP contribution in [0.2, 0.25) is 5.02 Å². The minimum atomic E-state index is -0.598. The molecular weight excluding hydrogens is 535 g/mol. The number of carbonyl (C=O) groups excluding carboxylic acids is 1. The molecule has 210 valence electrons. The first-order valence-corrected chi connectivity index (χ1v) is 14.2. The number of nitrogens with one attached hydrogen (secondary N) is 1. The van der Waals surface area contributed by atoms with Gasteiger partial charge in [-0.2, -0.15) is 0 Å². The molecule has 0 spiro atoms. The Balaban J connectivity index is 1.09. The number of ether oxygens (including phenoxy) is 2. The lowest BCUT2D eigenvalue weighted by Gasteiger charge is -2.61. The van der Waals surface area contributed by atoms with E-state index >= 15 is 4.39 Å². The van der Waals surface area contributed by atoms with E-state index in [1.807, 2.05) is 37.8 Å². The number of pyridine rings is 1. The van der Waals surface area contributed by atoms with Crippen LogP contribution in [0.25, 0.3) is 11.0 Å². The third kappa shape index (κ3) is 4.36. The number of hydrogen-bond acceptors (Lipinski definition) is 8. The van der Waals surface area contributed by atoms with Gasteiger partial charge in [0.1, 0.15) is 34.0 Å². The Hall–Kier alpha value is -3.40. The second-order valence-corrected chi connectivity index (χ2v) is 13.1. The number of carbonyl (C=O) groups is 1. The van der Waals surface area contributed by atoms with Gasteiger partial charge in [0.15, 0.2) is 11.6 Å². The van der Waals surface area contributed by atoms with Gasteiger partial charge in [0, 0.05) is 18.5 Å². The molecule has 5 fully saturated rings. The molecule has 0 unspecified atom stereocenters. The quantitative estimate of drug-likeness (QED) is 0.392. The van der Waals surface area contributed by atoms with Crippen molar-refractivity contribution < 1.29 is 18.7 Å². The van der Waals surface area contributed by atoms with Crippen LogP contribution in [0.1, 0.15) is 46.5 Å². The highest BCUT2D eigenvalue weighted by Gasteiger charge is 2.57. The molecule has 5 aliphatic rings. The van der Waals surface area contributed by atoms with E-state index in [0.29, 0.717) is 42.3 Å². The zero-order valence-corrected chi connectivity index (χ0v) is 23.5. The van der Waals surface area contributed by atoms with Crippen molar-refractivity contribution in [2.75, 3.05) is 29.9 Å². The van der Waals surface area contributed by atoms with Crippen LogP contribution in [-0.2, 0) is 4.74 Å². The van der Waals surface area contributed by atoms with E-state index < -0.39 is 11.4 Å². The molecule has 1 aromatic carbocycles. The van der Waals surface area contributed by atoms with E-state index in [1.54, 1.807) is 12.1 Å². The van der Waals surface area contributed by atoms with Gasteiger partial charge in [-0.25, -0.2) is 24.1 Å². The summed E-state index contributed by atoms with van der Waals surface area (Å²) in [7, 11) is 0. The fourth-order valence-corrected chi connectivity index (χ4v) is 6.83. The summed E-state index contributed by atoms with van der Waals surface area (Å²) in [6.45, 7) is 7.43. The fraction of sp³-hybridized carbons (Fsp3) is 0.517. The molecule has 4 heterocycles. The fourth-order valence-electron chi connectivity index (χ4n) is 6.61. The van der Waals surface area contributed by atoms with Gasteiger partial charge in [-0.15, -0.1) is 0 Å². The summed E-state index contributed by atoms with van der Waals surface area (Å²) in [6, 6.07) is 7.31. The summed E-state index contributed by atoms with van der Waals surface area (Å²) < 4.78 is 26.8. The van der Waals surface area contributed by atoms with E-state index in [9.17, 15) is 4.79 Å². The molecule has 1 amide bonds. The van der Waals surface area contributed by atoms with Gasteiger partial charge in [0.05, 0.1) is 29.9 Å². The van der Waals surface area contributed by atoms with E-state index in [0.717, 1.165) is 18.2 Å². The monoisotopic (exact) mass is 566 g/mol. The summed E-state index contributed by atoms with van der Waals surface area (Å²) in [5.41, 5.74) is 1.07. The lowest BCUT2D eigenvalue weighted by atomic mass is 9.45. The van der Waals surface area contributed by atoms with Gasteiger partial charge in [-0.3, -0.25) is 0 Å². The molecule has 4 bridgehead atoms. The predicted molar refractivity (Wildman–Crippen MR) is 150 cm³/mol. The minimum Gasteiger partial charge on any atom is -0.491 e. The summed E-state index contributed by atoms with van der Waals surface area (Å²) in [4.78, 5) is 30.3. The molecule has 40 heavy (non-hydrogen) atoms. The number of rotatable bonds is 6. The van der Waals surface area contributed by atoms with Crippen molar-refractivity contribution >= 4 is 46.1 Å².